The molecule has 1 atom stereocenters. The molecule has 0 aromatic carbocycles. The summed E-state index contributed by atoms with van der Waals surface area (Å²) in [6.07, 6.45) is 4.09. The highest BCUT2D eigenvalue weighted by Gasteiger charge is 2.21. The Hall–Kier alpha value is -0.120. The minimum absolute atomic E-state index is 0.155. The van der Waals surface area contributed by atoms with Crippen molar-refractivity contribution in [3.63, 3.8) is 0 Å². The fourth-order valence-corrected chi connectivity index (χ4v) is 1.87. The van der Waals surface area contributed by atoms with Crippen LogP contribution in [0.5, 0.6) is 0 Å². The van der Waals surface area contributed by atoms with Gasteiger partial charge in [0.25, 0.3) is 0 Å². The molecule has 0 amide bonds. The Bertz CT molecular complexity index is 171. The molecule has 1 rings (SSSR count). The monoisotopic (exact) mass is 214 g/mol. The van der Waals surface area contributed by atoms with E-state index in [9.17, 15) is 5.11 Å². The molecular weight excluding hydrogens is 188 g/mol. The minimum Gasteiger partial charge on any atom is -0.389 e. The summed E-state index contributed by atoms with van der Waals surface area (Å²) in [7, 11) is 0. The van der Waals surface area contributed by atoms with Gasteiger partial charge in [-0.25, -0.2) is 0 Å². The highest BCUT2D eigenvalue weighted by Crippen LogP contribution is 2.09. The molecule has 15 heavy (non-hydrogen) atoms. The van der Waals surface area contributed by atoms with Crippen molar-refractivity contribution in [1.29, 1.82) is 0 Å². The van der Waals surface area contributed by atoms with Crippen LogP contribution in [0.4, 0.5) is 0 Å². The van der Waals surface area contributed by atoms with Gasteiger partial charge in [0.2, 0.25) is 0 Å². The van der Waals surface area contributed by atoms with Crippen molar-refractivity contribution in [1.82, 2.24) is 10.2 Å². The molecule has 3 heteroatoms. The summed E-state index contributed by atoms with van der Waals surface area (Å²) < 4.78 is 0. The summed E-state index contributed by atoms with van der Waals surface area (Å²) >= 11 is 0. The van der Waals surface area contributed by atoms with Gasteiger partial charge in [0.05, 0.1) is 5.60 Å². The Balaban J connectivity index is 2.10. The first-order chi connectivity index (χ1) is 7.00. The first kappa shape index (κ1) is 12.9. The number of hydrogen-bond donors (Lipinski definition) is 2. The number of nitrogens with zero attached hydrogens (tertiary/aromatic N) is 1. The van der Waals surface area contributed by atoms with Crippen molar-refractivity contribution >= 4 is 0 Å². The van der Waals surface area contributed by atoms with Crippen molar-refractivity contribution in [2.45, 2.75) is 51.7 Å². The van der Waals surface area contributed by atoms with Crippen LogP contribution in [0.25, 0.3) is 0 Å². The quantitative estimate of drug-likeness (QED) is 0.722. The molecule has 1 fully saturated rings. The number of aliphatic hydroxyl groups is 1. The summed E-state index contributed by atoms with van der Waals surface area (Å²) in [5, 5.41) is 13.1. The van der Waals surface area contributed by atoms with Crippen molar-refractivity contribution in [3.05, 3.63) is 0 Å². The number of rotatable bonds is 5. The molecule has 1 heterocycles. The van der Waals surface area contributed by atoms with Gasteiger partial charge < -0.3 is 15.3 Å². The second kappa shape index (κ2) is 5.83. The van der Waals surface area contributed by atoms with Crippen LogP contribution >= 0.6 is 0 Å². The molecule has 90 valence electrons. The van der Waals surface area contributed by atoms with E-state index in [1.807, 2.05) is 20.8 Å². The van der Waals surface area contributed by atoms with Crippen LogP contribution in [0, 0.1) is 0 Å². The Morgan fingerprint density at radius 2 is 1.87 bits per heavy atom. The number of piperidine rings is 1. The lowest BCUT2D eigenvalue weighted by atomic mass is 10.0. The van der Waals surface area contributed by atoms with Crippen LogP contribution < -0.4 is 5.32 Å². The maximum Gasteiger partial charge on any atom is 0.0741 e. The fraction of sp³-hybridized carbons (Fsp3) is 1.00. The highest BCUT2D eigenvalue weighted by atomic mass is 16.3. The predicted octanol–water partition coefficient (Wildman–Crippen LogP) is 1.22. The highest BCUT2D eigenvalue weighted by molar-refractivity contribution is 4.79. The summed E-state index contributed by atoms with van der Waals surface area (Å²) in [5.41, 5.74) is -0.623. The molecule has 0 saturated carbocycles. The van der Waals surface area contributed by atoms with Gasteiger partial charge in [-0.1, -0.05) is 6.42 Å². The molecule has 0 aromatic rings. The minimum atomic E-state index is -0.623. The summed E-state index contributed by atoms with van der Waals surface area (Å²) in [6, 6.07) is 0.155. The predicted molar refractivity (Wildman–Crippen MR) is 64.1 cm³/mol. The van der Waals surface area contributed by atoms with Crippen LogP contribution in [0.1, 0.15) is 40.0 Å². The standard InChI is InChI=1S/C12H26N2O/c1-11(12(2,3)15)13-7-10-14-8-5-4-6-9-14/h11,13,15H,4-10H2,1-3H3. The van der Waals surface area contributed by atoms with Gasteiger partial charge in [-0.05, 0) is 46.7 Å². The molecule has 1 unspecified atom stereocenters. The van der Waals surface area contributed by atoms with Gasteiger partial charge >= 0.3 is 0 Å². The Kier molecular flexibility index (Phi) is 5.03. The summed E-state index contributed by atoms with van der Waals surface area (Å²) in [6.45, 7) is 10.3. The van der Waals surface area contributed by atoms with Gasteiger partial charge in [0.15, 0.2) is 0 Å². The zero-order chi connectivity index (χ0) is 11.3. The summed E-state index contributed by atoms with van der Waals surface area (Å²) in [4.78, 5) is 2.51. The maximum atomic E-state index is 9.75. The topological polar surface area (TPSA) is 35.5 Å². The fourth-order valence-electron chi connectivity index (χ4n) is 1.87. The van der Waals surface area contributed by atoms with E-state index in [0.717, 1.165) is 13.1 Å². The van der Waals surface area contributed by atoms with Crippen molar-refractivity contribution in [3.8, 4) is 0 Å². The van der Waals surface area contributed by atoms with Crippen molar-refractivity contribution < 1.29 is 5.11 Å². The van der Waals surface area contributed by atoms with E-state index < -0.39 is 5.60 Å². The lowest BCUT2D eigenvalue weighted by molar-refractivity contribution is 0.0432. The van der Waals surface area contributed by atoms with Gasteiger partial charge in [-0.15, -0.1) is 0 Å². The van der Waals surface area contributed by atoms with E-state index in [0.29, 0.717) is 0 Å². The molecule has 2 N–H and O–H groups in total. The lowest BCUT2D eigenvalue weighted by Gasteiger charge is -2.30. The average molecular weight is 214 g/mol. The molecule has 3 nitrogen and oxygen atoms in total. The molecule has 1 aliphatic rings. The number of hydrogen-bond acceptors (Lipinski definition) is 3. The van der Waals surface area contributed by atoms with Gasteiger partial charge in [0.1, 0.15) is 0 Å². The van der Waals surface area contributed by atoms with Crippen LogP contribution in [-0.2, 0) is 0 Å². The SMILES string of the molecule is CC(NCCN1CCCCC1)C(C)(C)O. The normalized spacial score (nSPS) is 21.6. The van der Waals surface area contributed by atoms with E-state index in [1.54, 1.807) is 0 Å². The molecule has 0 spiro atoms. The Labute approximate surface area is 93.9 Å². The van der Waals surface area contributed by atoms with Crippen LogP contribution in [0.15, 0.2) is 0 Å². The van der Waals surface area contributed by atoms with Crippen molar-refractivity contribution in [2.24, 2.45) is 0 Å². The second-order valence-electron chi connectivity index (χ2n) is 5.23. The zero-order valence-corrected chi connectivity index (χ0v) is 10.4. The van der Waals surface area contributed by atoms with E-state index in [1.165, 1.54) is 32.4 Å². The average Bonchev–Trinajstić information content (AvgIpc) is 2.18. The van der Waals surface area contributed by atoms with E-state index in [-0.39, 0.29) is 6.04 Å². The largest absolute Gasteiger partial charge is 0.389 e. The van der Waals surface area contributed by atoms with Crippen LogP contribution in [-0.4, -0.2) is 47.8 Å². The Morgan fingerprint density at radius 1 is 1.27 bits per heavy atom. The number of nitrogens with one attached hydrogen (secondary N) is 1. The third kappa shape index (κ3) is 4.96. The van der Waals surface area contributed by atoms with Crippen molar-refractivity contribution in [2.75, 3.05) is 26.2 Å². The third-order valence-electron chi connectivity index (χ3n) is 3.39. The third-order valence-corrected chi connectivity index (χ3v) is 3.39. The molecule has 0 aromatic heterocycles. The smallest absolute Gasteiger partial charge is 0.0741 e. The van der Waals surface area contributed by atoms with Gasteiger partial charge in [0, 0.05) is 19.1 Å². The molecule has 0 radical (unpaired) electrons. The van der Waals surface area contributed by atoms with E-state index >= 15 is 0 Å². The zero-order valence-electron chi connectivity index (χ0n) is 10.4. The maximum absolute atomic E-state index is 9.75. The first-order valence-electron chi connectivity index (χ1n) is 6.18. The van der Waals surface area contributed by atoms with Crippen LogP contribution in [0.3, 0.4) is 0 Å². The number of likely N-dealkylation sites (tertiary alicyclic amines) is 1. The van der Waals surface area contributed by atoms with Crippen LogP contribution in [0.2, 0.25) is 0 Å². The molecule has 0 bridgehead atoms. The Morgan fingerprint density at radius 3 is 2.40 bits per heavy atom. The van der Waals surface area contributed by atoms with Gasteiger partial charge in [-0.2, -0.15) is 0 Å². The molecule has 1 saturated heterocycles. The van der Waals surface area contributed by atoms with E-state index in [2.05, 4.69) is 10.2 Å². The van der Waals surface area contributed by atoms with E-state index in [4.69, 9.17) is 0 Å². The first-order valence-corrected chi connectivity index (χ1v) is 6.18. The molecular formula is C12H26N2O. The molecule has 1 aliphatic heterocycles. The second-order valence-corrected chi connectivity index (χ2v) is 5.23. The van der Waals surface area contributed by atoms with Gasteiger partial charge in [-0.3, -0.25) is 0 Å². The summed E-state index contributed by atoms with van der Waals surface area (Å²) in [5.74, 6) is 0. The lowest BCUT2D eigenvalue weighted by Crippen LogP contribution is -2.47. The molecule has 0 aliphatic carbocycles.